The van der Waals surface area contributed by atoms with Crippen molar-refractivity contribution in [3.63, 3.8) is 0 Å². The summed E-state index contributed by atoms with van der Waals surface area (Å²) in [5, 5.41) is 2.60. The van der Waals surface area contributed by atoms with E-state index in [0.717, 1.165) is 12.7 Å². The lowest BCUT2D eigenvalue weighted by atomic mass is 10.2. The molecule has 1 aromatic carbocycles. The Morgan fingerprint density at radius 1 is 1.42 bits per heavy atom. The molecule has 0 atom stereocenters. The molecule has 62 valence electrons. The van der Waals surface area contributed by atoms with Crippen LogP contribution < -0.4 is 0 Å². The minimum atomic E-state index is -0.148. The maximum absolute atomic E-state index is 13.3. The third-order valence-electron chi connectivity index (χ3n) is 1.55. The van der Waals surface area contributed by atoms with E-state index in [1.165, 1.54) is 0 Å². The van der Waals surface area contributed by atoms with Gasteiger partial charge in [0.15, 0.2) is 0 Å². The van der Waals surface area contributed by atoms with Crippen molar-refractivity contribution in [1.82, 2.24) is 0 Å². The second kappa shape index (κ2) is 3.23. The van der Waals surface area contributed by atoms with Crippen LogP contribution in [0, 0.1) is 9.39 Å². The van der Waals surface area contributed by atoms with Gasteiger partial charge in [0.25, 0.3) is 0 Å². The van der Waals surface area contributed by atoms with Gasteiger partial charge in [-0.05, 0) is 50.7 Å². The van der Waals surface area contributed by atoms with E-state index in [-0.39, 0.29) is 5.82 Å². The van der Waals surface area contributed by atoms with E-state index in [1.54, 1.807) is 17.4 Å². The second-order valence-electron chi connectivity index (χ2n) is 2.34. The van der Waals surface area contributed by atoms with E-state index in [2.05, 4.69) is 38.5 Å². The van der Waals surface area contributed by atoms with E-state index < -0.39 is 0 Å². The Morgan fingerprint density at radius 2 is 2.17 bits per heavy atom. The highest BCUT2D eigenvalue weighted by atomic mass is 127. The molecule has 0 aliphatic heterocycles. The van der Waals surface area contributed by atoms with Crippen LogP contribution in [0.4, 0.5) is 4.39 Å². The monoisotopic (exact) mass is 356 g/mol. The summed E-state index contributed by atoms with van der Waals surface area (Å²) >= 11 is 6.97. The molecule has 0 amide bonds. The van der Waals surface area contributed by atoms with E-state index >= 15 is 0 Å². The van der Waals surface area contributed by atoms with Gasteiger partial charge in [0.1, 0.15) is 5.82 Å². The summed E-state index contributed by atoms with van der Waals surface area (Å²) in [6, 6.07) is 3.52. The highest BCUT2D eigenvalue weighted by Crippen LogP contribution is 2.33. The topological polar surface area (TPSA) is 0 Å². The van der Waals surface area contributed by atoms with Crippen molar-refractivity contribution in [2.45, 2.75) is 0 Å². The van der Waals surface area contributed by atoms with Crippen LogP contribution in [0.3, 0.4) is 0 Å². The van der Waals surface area contributed by atoms with Gasteiger partial charge in [-0.2, -0.15) is 0 Å². The second-order valence-corrected chi connectivity index (χ2v) is 5.36. The van der Waals surface area contributed by atoms with Crippen LogP contribution in [0.2, 0.25) is 0 Å². The zero-order valence-electron chi connectivity index (χ0n) is 5.77. The smallest absolute Gasteiger partial charge is 0.134 e. The van der Waals surface area contributed by atoms with Gasteiger partial charge in [-0.15, -0.1) is 11.3 Å². The fourth-order valence-electron chi connectivity index (χ4n) is 1.05. The molecule has 0 bridgehead atoms. The van der Waals surface area contributed by atoms with Crippen molar-refractivity contribution in [3.8, 4) is 0 Å². The van der Waals surface area contributed by atoms with Gasteiger partial charge in [-0.25, -0.2) is 4.39 Å². The number of hydrogen-bond donors (Lipinski definition) is 0. The average Bonchev–Trinajstić information content (AvgIpc) is 2.31. The molecule has 1 aromatic heterocycles. The Balaban J connectivity index is 2.93. The number of rotatable bonds is 0. The van der Waals surface area contributed by atoms with Crippen molar-refractivity contribution in [2.75, 3.05) is 0 Å². The highest BCUT2D eigenvalue weighted by molar-refractivity contribution is 14.1. The number of thiophene rings is 1. The third kappa shape index (κ3) is 1.40. The fourth-order valence-corrected chi connectivity index (χ4v) is 3.53. The maximum atomic E-state index is 13.3. The number of hydrogen-bond acceptors (Lipinski definition) is 1. The quantitative estimate of drug-likeness (QED) is 0.613. The first kappa shape index (κ1) is 8.90. The molecule has 0 saturated carbocycles. The van der Waals surface area contributed by atoms with Gasteiger partial charge < -0.3 is 0 Å². The molecule has 0 saturated heterocycles. The van der Waals surface area contributed by atoms with Crippen LogP contribution in [0.15, 0.2) is 22.0 Å². The van der Waals surface area contributed by atoms with E-state index in [9.17, 15) is 4.39 Å². The molecule has 0 N–H and O–H groups in total. The fraction of sp³-hybridized carbons (Fsp3) is 0. The Morgan fingerprint density at radius 3 is 2.92 bits per heavy atom. The van der Waals surface area contributed by atoms with Crippen LogP contribution in [0.5, 0.6) is 0 Å². The summed E-state index contributed by atoms with van der Waals surface area (Å²) < 4.78 is 16.1. The predicted octanol–water partition coefficient (Wildman–Crippen LogP) is 4.41. The lowest BCUT2D eigenvalue weighted by molar-refractivity contribution is 0.639. The number of halogens is 3. The van der Waals surface area contributed by atoms with Crippen molar-refractivity contribution in [2.24, 2.45) is 0 Å². The number of benzene rings is 1. The van der Waals surface area contributed by atoms with Crippen LogP contribution in [0.1, 0.15) is 0 Å². The zero-order chi connectivity index (χ0) is 8.72. The van der Waals surface area contributed by atoms with Gasteiger partial charge in [-0.3, -0.25) is 0 Å². The summed E-state index contributed by atoms with van der Waals surface area (Å²) in [5.41, 5.74) is 0. The molecule has 0 aliphatic carbocycles. The maximum Gasteiger partial charge on any atom is 0.134 e. The summed E-state index contributed by atoms with van der Waals surface area (Å²) in [5.74, 6) is -0.148. The molecule has 12 heavy (non-hydrogen) atoms. The van der Waals surface area contributed by atoms with Crippen molar-refractivity contribution in [3.05, 3.63) is 31.4 Å². The first-order valence-electron chi connectivity index (χ1n) is 3.20. The number of fused-ring (bicyclic) bond motifs is 1. The minimum Gasteiger partial charge on any atom is -0.206 e. The normalized spacial score (nSPS) is 10.9. The molecule has 0 unspecified atom stereocenters. The van der Waals surface area contributed by atoms with Crippen LogP contribution in [0.25, 0.3) is 10.1 Å². The average molecular weight is 357 g/mol. The summed E-state index contributed by atoms with van der Waals surface area (Å²) in [7, 11) is 0. The SMILES string of the molecule is Fc1cc(I)cc2scc(Br)c12. The molecule has 0 aliphatic rings. The molecule has 2 rings (SSSR count). The first-order valence-corrected chi connectivity index (χ1v) is 5.95. The molecular formula is C8H3BrFIS. The zero-order valence-corrected chi connectivity index (χ0v) is 10.3. The molecule has 1 heterocycles. The first-order chi connectivity index (χ1) is 5.68. The summed E-state index contributed by atoms with van der Waals surface area (Å²) in [6.07, 6.45) is 0. The molecule has 0 radical (unpaired) electrons. The molecule has 0 spiro atoms. The standard InChI is InChI=1S/C8H3BrFIS/c9-5-3-12-7-2-4(11)1-6(10)8(5)7/h1-3H. The molecule has 0 fully saturated rings. The largest absolute Gasteiger partial charge is 0.206 e. The van der Waals surface area contributed by atoms with Crippen LogP contribution in [-0.2, 0) is 0 Å². The van der Waals surface area contributed by atoms with Gasteiger partial charge in [-0.1, -0.05) is 0 Å². The molecular weight excluding hydrogens is 354 g/mol. The van der Waals surface area contributed by atoms with Gasteiger partial charge >= 0.3 is 0 Å². The summed E-state index contributed by atoms with van der Waals surface area (Å²) in [6.45, 7) is 0. The summed E-state index contributed by atoms with van der Waals surface area (Å²) in [4.78, 5) is 0. The van der Waals surface area contributed by atoms with Crippen LogP contribution >= 0.6 is 49.9 Å². The van der Waals surface area contributed by atoms with Gasteiger partial charge in [0.05, 0.1) is 0 Å². The van der Waals surface area contributed by atoms with Crippen molar-refractivity contribution < 1.29 is 4.39 Å². The van der Waals surface area contributed by atoms with E-state index in [1.807, 2.05) is 11.4 Å². The van der Waals surface area contributed by atoms with Crippen molar-refractivity contribution >= 4 is 59.9 Å². The lowest BCUT2D eigenvalue weighted by Crippen LogP contribution is -1.77. The Bertz CT molecular complexity index is 438. The Kier molecular flexibility index (Phi) is 2.39. The highest BCUT2D eigenvalue weighted by Gasteiger charge is 2.07. The van der Waals surface area contributed by atoms with Crippen molar-refractivity contribution in [1.29, 1.82) is 0 Å². The Labute approximate surface area is 95.0 Å². The van der Waals surface area contributed by atoms with Crippen LogP contribution in [-0.4, -0.2) is 0 Å². The van der Waals surface area contributed by atoms with E-state index in [4.69, 9.17) is 0 Å². The van der Waals surface area contributed by atoms with E-state index in [0.29, 0.717) is 5.39 Å². The lowest BCUT2D eigenvalue weighted by Gasteiger charge is -1.94. The predicted molar refractivity (Wildman–Crippen MR) is 62.2 cm³/mol. The van der Waals surface area contributed by atoms with Gasteiger partial charge in [0, 0.05) is 23.5 Å². The molecule has 4 heteroatoms. The third-order valence-corrected chi connectivity index (χ3v) is 4.03. The molecule has 2 aromatic rings. The Hall–Kier alpha value is 0.320. The molecule has 0 nitrogen and oxygen atoms in total. The minimum absolute atomic E-state index is 0.148. The van der Waals surface area contributed by atoms with Gasteiger partial charge in [0.2, 0.25) is 0 Å².